The number of likely N-dealkylation sites (tertiary alicyclic amines) is 1. The second-order valence-electron chi connectivity index (χ2n) is 18.5. The van der Waals surface area contributed by atoms with Crippen molar-refractivity contribution in [2.75, 3.05) is 40.4 Å². The van der Waals surface area contributed by atoms with E-state index in [-0.39, 0.29) is 55.4 Å². The Labute approximate surface area is 376 Å². The third-order valence-electron chi connectivity index (χ3n) is 12.6. The van der Waals surface area contributed by atoms with E-state index in [1.54, 1.807) is 36.3 Å². The van der Waals surface area contributed by atoms with Crippen LogP contribution in [-0.2, 0) is 48.2 Å². The van der Waals surface area contributed by atoms with Crippen molar-refractivity contribution in [2.45, 2.75) is 111 Å². The predicted octanol–water partition coefficient (Wildman–Crippen LogP) is 6.20. The van der Waals surface area contributed by atoms with E-state index in [2.05, 4.69) is 52.2 Å². The van der Waals surface area contributed by atoms with Gasteiger partial charge >= 0.3 is 0 Å². The highest BCUT2D eigenvalue weighted by Gasteiger charge is 2.39. The second kappa shape index (κ2) is 20.6. The summed E-state index contributed by atoms with van der Waals surface area (Å²) in [6.07, 6.45) is 5.53. The number of methoxy groups -OCH3 is 1. The number of nitrogens with zero attached hydrogens (tertiary/aromatic N) is 6. The van der Waals surface area contributed by atoms with Gasteiger partial charge in [0.05, 0.1) is 35.7 Å². The molecule has 2 fully saturated rings. The molecule has 0 bridgehead atoms. The van der Waals surface area contributed by atoms with Crippen LogP contribution in [0.25, 0.3) is 33.5 Å². The van der Waals surface area contributed by atoms with Gasteiger partial charge in [0.15, 0.2) is 5.76 Å². The fourth-order valence-electron chi connectivity index (χ4n) is 9.32. The zero-order valence-corrected chi connectivity index (χ0v) is 38.8. The van der Waals surface area contributed by atoms with Gasteiger partial charge in [-0.1, -0.05) is 39.4 Å². The van der Waals surface area contributed by atoms with Crippen molar-refractivity contribution >= 4 is 34.5 Å². The molecule has 3 N–H and O–H groups in total. The highest BCUT2D eigenvalue weighted by Crippen LogP contribution is 2.42. The summed E-state index contributed by atoms with van der Waals surface area (Å²) in [6.45, 7) is 19.4. The molecule has 5 atom stereocenters. The Balaban J connectivity index is 1.33. The van der Waals surface area contributed by atoms with Crippen molar-refractivity contribution in [3.63, 3.8) is 0 Å². The maximum Gasteiger partial charge on any atom is 0.259 e. The van der Waals surface area contributed by atoms with E-state index in [4.69, 9.17) is 19.1 Å². The number of rotatable bonds is 18. The number of benzene rings is 1. The first-order valence-corrected chi connectivity index (χ1v) is 22.4. The van der Waals surface area contributed by atoms with Crippen LogP contribution in [0.3, 0.4) is 0 Å². The number of likely N-dealkylation sites (N-methyl/N-ethyl adjacent to an activating group) is 1. The maximum absolute atomic E-state index is 14.3. The lowest BCUT2D eigenvalue weighted by molar-refractivity contribution is -0.259. The molecule has 0 unspecified atom stereocenters. The summed E-state index contributed by atoms with van der Waals surface area (Å²) in [5, 5.41) is 19.5. The van der Waals surface area contributed by atoms with Crippen LogP contribution in [0.4, 0.5) is 0 Å². The van der Waals surface area contributed by atoms with Gasteiger partial charge in [-0.05, 0) is 99.8 Å². The molecule has 0 aliphatic carbocycles. The minimum atomic E-state index is -1.03. The van der Waals surface area contributed by atoms with Crippen molar-refractivity contribution in [2.24, 2.45) is 17.3 Å². The van der Waals surface area contributed by atoms with Crippen molar-refractivity contribution < 1.29 is 38.6 Å². The summed E-state index contributed by atoms with van der Waals surface area (Å²) >= 11 is 0. The molecule has 4 amide bonds. The summed E-state index contributed by atoms with van der Waals surface area (Å²) < 4.78 is 14.0. The molecule has 1 aromatic carbocycles. The molecule has 2 aliphatic heterocycles. The summed E-state index contributed by atoms with van der Waals surface area (Å²) in [5.41, 5.74) is 8.86. The molecule has 6 rings (SSSR count). The van der Waals surface area contributed by atoms with Gasteiger partial charge < -0.3 is 28.9 Å². The van der Waals surface area contributed by atoms with Crippen molar-refractivity contribution in [1.29, 1.82) is 0 Å². The van der Waals surface area contributed by atoms with Gasteiger partial charge in [-0.2, -0.15) is 0 Å². The van der Waals surface area contributed by atoms with Crippen molar-refractivity contribution in [3.05, 3.63) is 72.2 Å². The van der Waals surface area contributed by atoms with E-state index >= 15 is 0 Å². The molecule has 0 saturated carbocycles. The Kier molecular flexibility index (Phi) is 15.5. The van der Waals surface area contributed by atoms with E-state index < -0.39 is 29.3 Å². The highest BCUT2D eigenvalue weighted by atomic mass is 17.1. The molecular weight excluding hydrogens is 817 g/mol. The van der Waals surface area contributed by atoms with Gasteiger partial charge in [0, 0.05) is 87.1 Å². The number of fused-ring (bicyclic) bond motifs is 1. The average molecular weight is 883 g/mol. The number of hydrogen-bond donors (Lipinski definition) is 3. The van der Waals surface area contributed by atoms with E-state index in [1.165, 1.54) is 11.0 Å². The quantitative estimate of drug-likeness (QED) is 0.0587. The number of hydrazine groups is 1. The zero-order chi connectivity index (χ0) is 46.5. The van der Waals surface area contributed by atoms with Gasteiger partial charge in [0.25, 0.3) is 5.91 Å². The second-order valence-corrected chi connectivity index (χ2v) is 18.5. The van der Waals surface area contributed by atoms with E-state index in [0.717, 1.165) is 51.8 Å². The number of ether oxygens (including phenoxy) is 1. The lowest BCUT2D eigenvalue weighted by Gasteiger charge is -2.36. The molecule has 5 heterocycles. The SMILES string of the molecule is C=CC(=O)N1CC[C@H](C(=O)N(C)[C@H](C(=O)N[C@@H](Cc2cc(-c3ccc4c(c3)c(CC(C)(C)COO)c(-c3cccnc3[C@H](C)OC)n4CC)on2)C(=O)N2CCC[C@@H](C)N2)C(C)C)C1. The van der Waals surface area contributed by atoms with Gasteiger partial charge in [0.1, 0.15) is 12.1 Å². The number of hydrogen-bond acceptors (Lipinski definition) is 11. The molecule has 64 heavy (non-hydrogen) atoms. The van der Waals surface area contributed by atoms with Crippen LogP contribution in [0.5, 0.6) is 0 Å². The highest BCUT2D eigenvalue weighted by molar-refractivity contribution is 5.96. The Hall–Kier alpha value is -5.42. The van der Waals surface area contributed by atoms with Gasteiger partial charge in [-0.3, -0.25) is 34.4 Å². The minimum Gasteiger partial charge on any atom is -0.375 e. The van der Waals surface area contributed by atoms with E-state index in [9.17, 15) is 24.4 Å². The smallest absolute Gasteiger partial charge is 0.259 e. The fourth-order valence-corrected chi connectivity index (χ4v) is 9.32. The monoisotopic (exact) mass is 883 g/mol. The van der Waals surface area contributed by atoms with Crippen LogP contribution in [0, 0.1) is 17.3 Å². The lowest BCUT2D eigenvalue weighted by atomic mass is 9.84. The average Bonchev–Trinajstić information content (AvgIpc) is 4.03. The molecule has 4 aromatic rings. The Bertz CT molecular complexity index is 2320. The first kappa shape index (κ1) is 48.0. The van der Waals surface area contributed by atoms with Crippen LogP contribution in [0.15, 0.2) is 59.8 Å². The number of aromatic nitrogens is 3. The van der Waals surface area contributed by atoms with Crippen LogP contribution < -0.4 is 10.7 Å². The largest absolute Gasteiger partial charge is 0.375 e. The van der Waals surface area contributed by atoms with Crippen molar-refractivity contribution in [3.8, 4) is 22.6 Å². The molecular formula is C48H66N8O8. The van der Waals surface area contributed by atoms with Crippen LogP contribution in [0.2, 0.25) is 0 Å². The summed E-state index contributed by atoms with van der Waals surface area (Å²) in [7, 11) is 3.28. The summed E-state index contributed by atoms with van der Waals surface area (Å²) in [6, 6.07) is 10.1. The normalized spacial score (nSPS) is 18.3. The molecule has 16 heteroatoms. The number of nitrogens with one attached hydrogen (secondary N) is 2. The first-order valence-electron chi connectivity index (χ1n) is 22.4. The first-order chi connectivity index (χ1) is 30.5. The van der Waals surface area contributed by atoms with Crippen LogP contribution in [0.1, 0.15) is 90.8 Å². The van der Waals surface area contributed by atoms with Gasteiger partial charge in [-0.25, -0.2) is 10.3 Å². The number of aryl methyl sites for hydroxylation is 1. The van der Waals surface area contributed by atoms with Gasteiger partial charge in [-0.15, -0.1) is 0 Å². The van der Waals surface area contributed by atoms with Crippen LogP contribution >= 0.6 is 0 Å². The third kappa shape index (κ3) is 10.4. The Morgan fingerprint density at radius 2 is 1.91 bits per heavy atom. The third-order valence-corrected chi connectivity index (χ3v) is 12.6. The number of amides is 4. The Morgan fingerprint density at radius 3 is 2.58 bits per heavy atom. The number of pyridine rings is 1. The molecule has 0 radical (unpaired) electrons. The lowest BCUT2D eigenvalue weighted by Crippen LogP contribution is -2.61. The minimum absolute atomic E-state index is 0.0328. The van der Waals surface area contributed by atoms with Gasteiger partial charge in [0.2, 0.25) is 17.7 Å². The molecule has 2 aliphatic rings. The molecule has 2 saturated heterocycles. The zero-order valence-electron chi connectivity index (χ0n) is 38.8. The number of carbonyl (C=O) groups is 4. The summed E-state index contributed by atoms with van der Waals surface area (Å²) in [5.74, 6) is -1.51. The molecule has 0 spiro atoms. The maximum atomic E-state index is 14.3. The van der Waals surface area contributed by atoms with Crippen molar-refractivity contribution in [1.82, 2.24) is 40.3 Å². The molecule has 346 valence electrons. The molecule has 3 aromatic heterocycles. The predicted molar refractivity (Wildman–Crippen MR) is 243 cm³/mol. The number of carbonyl (C=O) groups excluding carboxylic acids is 4. The Morgan fingerprint density at radius 1 is 1.14 bits per heavy atom. The van der Waals surface area contributed by atoms with E-state index in [1.807, 2.05) is 53.7 Å². The van der Waals surface area contributed by atoms with E-state index in [0.29, 0.717) is 43.9 Å². The topological polar surface area (TPSA) is 185 Å². The summed E-state index contributed by atoms with van der Waals surface area (Å²) in [4.78, 5) is 67.2. The fraction of sp³-hybridized carbons (Fsp3) is 0.542. The van der Waals surface area contributed by atoms with Crippen LogP contribution in [-0.4, -0.2) is 117 Å². The standard InChI is InChI=1S/C48H66N8O8/c1-11-41(57)54-22-19-33(27-54)46(59)53(9)43(29(3)4)45(58)50-38(47(60)56-21-14-15-30(5)51-56)24-34-25-40(64-52-34)32-17-18-39-36(23-32)37(26-48(7,8)28-63-61)44(55(39)12-2)35-16-13-20-49-42(35)31(6)62-10/h11,13,16-18,20,23,25,29-31,33,38,43,51,61H,1,12,14-15,19,21-22,24,26-28H2,2-10H3,(H,50,58)/t30-,31+,33+,38+,43+/m1/s1. The molecule has 16 nitrogen and oxygen atoms in total.